The summed E-state index contributed by atoms with van der Waals surface area (Å²) in [7, 11) is 1.07. The summed E-state index contributed by atoms with van der Waals surface area (Å²) in [4.78, 5) is 0. The molecule has 0 amide bonds. The molecule has 1 saturated carbocycles. The van der Waals surface area contributed by atoms with Crippen LogP contribution in [0.1, 0.15) is 42.6 Å². The van der Waals surface area contributed by atoms with E-state index in [0.29, 0.717) is 5.46 Å². The van der Waals surface area contributed by atoms with E-state index in [9.17, 15) is 9.41 Å². The van der Waals surface area contributed by atoms with Crippen LogP contribution in [0.4, 0.5) is 4.39 Å². The van der Waals surface area contributed by atoms with Gasteiger partial charge in [-0.05, 0) is 77.0 Å². The lowest BCUT2D eigenvalue weighted by Crippen LogP contribution is -2.27. The number of rotatable bonds is 4. The smallest absolute Gasteiger partial charge is 0.423 e. The fourth-order valence-corrected chi connectivity index (χ4v) is 4.14. The number of aryl methyl sites for hydroxylation is 1. The molecule has 0 unspecified atom stereocenters. The first kappa shape index (κ1) is 20.6. The zero-order valence-electron chi connectivity index (χ0n) is 16.4. The first-order chi connectivity index (χ1) is 13.9. The van der Waals surface area contributed by atoms with Crippen LogP contribution in [0.5, 0.6) is 0 Å². The summed E-state index contributed by atoms with van der Waals surface area (Å²) >= 11 is 2.29. The fraction of sp³-hybridized carbons (Fsp3) is 0.400. The molecule has 0 saturated heterocycles. The van der Waals surface area contributed by atoms with Crippen LogP contribution in [0.2, 0.25) is 0 Å². The molecule has 152 valence electrons. The van der Waals surface area contributed by atoms with E-state index in [0.717, 1.165) is 28.1 Å². The highest BCUT2D eigenvalue weighted by atomic mass is 127. The molecule has 29 heavy (non-hydrogen) atoms. The van der Waals surface area contributed by atoms with Crippen LogP contribution in [0.25, 0.3) is 0 Å². The maximum Gasteiger partial charge on any atom is 0.491 e. The third kappa shape index (κ3) is 5.07. The third-order valence-electron chi connectivity index (χ3n) is 5.16. The molecular weight excluding hydrogens is 485 g/mol. The molecular formula is C20H23BFIN4O2. The Balaban J connectivity index is 0.000000150. The Morgan fingerprint density at radius 3 is 2.83 bits per heavy atom. The van der Waals surface area contributed by atoms with Gasteiger partial charge in [0.25, 0.3) is 0 Å². The number of fused-ring (bicyclic) bond motifs is 1. The van der Waals surface area contributed by atoms with Crippen molar-refractivity contribution < 1.29 is 14.1 Å². The van der Waals surface area contributed by atoms with E-state index in [1.54, 1.807) is 13.0 Å². The van der Waals surface area contributed by atoms with Crippen molar-refractivity contribution in [3.05, 3.63) is 63.0 Å². The van der Waals surface area contributed by atoms with Crippen LogP contribution in [0, 0.1) is 15.4 Å². The van der Waals surface area contributed by atoms with Crippen LogP contribution in [0.15, 0.2) is 36.8 Å². The Kier molecular flexibility index (Phi) is 6.07. The maximum absolute atomic E-state index is 12.7. The first-order valence-corrected chi connectivity index (χ1v) is 10.8. The van der Waals surface area contributed by atoms with E-state index in [2.05, 4.69) is 49.9 Å². The first-order valence-electron chi connectivity index (χ1n) is 9.71. The monoisotopic (exact) mass is 508 g/mol. The second-order valence-electron chi connectivity index (χ2n) is 7.71. The molecule has 0 radical (unpaired) electrons. The topological polar surface area (TPSA) is 65.1 Å². The van der Waals surface area contributed by atoms with E-state index >= 15 is 0 Å². The number of nitrogens with zero attached hydrogens (tertiary/aromatic N) is 4. The summed E-state index contributed by atoms with van der Waals surface area (Å²) < 4.78 is 22.8. The van der Waals surface area contributed by atoms with E-state index in [4.69, 9.17) is 4.65 Å². The van der Waals surface area contributed by atoms with Gasteiger partial charge in [0, 0.05) is 38.0 Å². The van der Waals surface area contributed by atoms with Crippen molar-refractivity contribution in [2.75, 3.05) is 0 Å². The molecule has 5 rings (SSSR count). The molecule has 3 aromatic rings. The summed E-state index contributed by atoms with van der Waals surface area (Å²) in [6, 6.07) is 4.28. The second kappa shape index (κ2) is 8.57. The van der Waals surface area contributed by atoms with Gasteiger partial charge in [0.15, 0.2) is 0 Å². The Bertz CT molecular complexity index is 1000. The van der Waals surface area contributed by atoms with Gasteiger partial charge in [-0.3, -0.25) is 9.36 Å². The predicted molar refractivity (Wildman–Crippen MR) is 117 cm³/mol. The Hall–Kier alpha value is -1.72. The molecule has 1 fully saturated rings. The lowest BCUT2D eigenvalue weighted by Gasteiger charge is -2.02. The molecule has 2 aromatic heterocycles. The summed E-state index contributed by atoms with van der Waals surface area (Å²) in [5, 5.41) is 18.1. The predicted octanol–water partition coefficient (Wildman–Crippen LogP) is 2.83. The number of hydrogen-bond acceptors (Lipinski definition) is 4. The highest BCUT2D eigenvalue weighted by molar-refractivity contribution is 14.1. The van der Waals surface area contributed by atoms with Gasteiger partial charge in [0.1, 0.15) is 9.52 Å². The van der Waals surface area contributed by atoms with Gasteiger partial charge in [-0.15, -0.1) is 0 Å². The van der Waals surface area contributed by atoms with E-state index in [1.165, 1.54) is 36.1 Å². The molecule has 2 aliphatic rings. The van der Waals surface area contributed by atoms with Crippen LogP contribution in [-0.4, -0.2) is 31.7 Å². The van der Waals surface area contributed by atoms with Gasteiger partial charge in [-0.1, -0.05) is 6.07 Å². The van der Waals surface area contributed by atoms with Gasteiger partial charge in [-0.25, -0.2) is 4.39 Å². The molecule has 3 heterocycles. The SMILES string of the molecule is C[C@H]1OB(O)c2ccc(F)cc21.Cn1cc(Cc2cnn(CC3CC3)c2)c(I)n1. The number of hydrogen-bond donors (Lipinski definition) is 1. The molecule has 1 aliphatic carbocycles. The minimum atomic E-state index is -0.893. The summed E-state index contributed by atoms with van der Waals surface area (Å²) in [6.45, 7) is 2.87. The number of halogens is 2. The Morgan fingerprint density at radius 1 is 1.34 bits per heavy atom. The van der Waals surface area contributed by atoms with Crippen LogP contribution < -0.4 is 5.46 Å². The highest BCUT2D eigenvalue weighted by Gasteiger charge is 2.32. The summed E-state index contributed by atoms with van der Waals surface area (Å²) in [5.74, 6) is 0.583. The van der Waals surface area contributed by atoms with Gasteiger partial charge < -0.3 is 9.68 Å². The van der Waals surface area contributed by atoms with Gasteiger partial charge >= 0.3 is 7.12 Å². The molecule has 9 heteroatoms. The standard InChI is InChI=1S/C12H15IN4.C8H8BFO2/c1-16-8-11(12(13)15-16)4-10-5-14-17(7-10)6-9-2-3-9;1-5-7-4-6(10)2-3-8(7)9(11)12-5/h5,7-9H,2-4,6H2,1H3;2-5,11H,1H3/t;5-/m.1/s1. The lowest BCUT2D eigenvalue weighted by molar-refractivity contribution is 0.208. The fourth-order valence-electron chi connectivity index (χ4n) is 3.47. The maximum atomic E-state index is 12.7. The van der Waals surface area contributed by atoms with Crippen molar-refractivity contribution >= 4 is 35.2 Å². The third-order valence-corrected chi connectivity index (χ3v) is 6.07. The molecule has 1 aromatic carbocycles. The zero-order valence-corrected chi connectivity index (χ0v) is 18.6. The average molecular weight is 508 g/mol. The Labute approximate surface area is 183 Å². The summed E-state index contributed by atoms with van der Waals surface area (Å²) in [6.07, 6.45) is 9.68. The largest absolute Gasteiger partial charge is 0.491 e. The van der Waals surface area contributed by atoms with Crippen LogP contribution in [0.3, 0.4) is 0 Å². The molecule has 1 atom stereocenters. The minimum Gasteiger partial charge on any atom is -0.423 e. The van der Waals surface area contributed by atoms with E-state index in [1.807, 2.05) is 17.9 Å². The van der Waals surface area contributed by atoms with Crippen molar-refractivity contribution in [3.8, 4) is 0 Å². The van der Waals surface area contributed by atoms with Crippen molar-refractivity contribution in [1.29, 1.82) is 0 Å². The summed E-state index contributed by atoms with van der Waals surface area (Å²) in [5.41, 5.74) is 3.96. The van der Waals surface area contributed by atoms with Crippen LogP contribution >= 0.6 is 22.6 Å². The minimum absolute atomic E-state index is 0.217. The van der Waals surface area contributed by atoms with Crippen molar-refractivity contribution in [2.24, 2.45) is 13.0 Å². The highest BCUT2D eigenvalue weighted by Crippen LogP contribution is 2.30. The van der Waals surface area contributed by atoms with Crippen LogP contribution in [-0.2, 0) is 24.7 Å². The van der Waals surface area contributed by atoms with E-state index in [-0.39, 0.29) is 11.9 Å². The molecule has 6 nitrogen and oxygen atoms in total. The number of aromatic nitrogens is 4. The average Bonchev–Trinajstić information content (AvgIpc) is 3.18. The van der Waals surface area contributed by atoms with Crippen molar-refractivity contribution in [2.45, 2.75) is 38.8 Å². The molecule has 1 N–H and O–H groups in total. The normalized spacial score (nSPS) is 17.8. The van der Waals surface area contributed by atoms with Gasteiger partial charge in [0.05, 0.1) is 12.3 Å². The molecule has 0 bridgehead atoms. The quantitative estimate of drug-likeness (QED) is 0.435. The number of benzene rings is 1. The zero-order chi connectivity index (χ0) is 20.5. The molecule has 1 aliphatic heterocycles. The molecule has 0 spiro atoms. The second-order valence-corrected chi connectivity index (χ2v) is 8.74. The van der Waals surface area contributed by atoms with Crippen molar-refractivity contribution in [1.82, 2.24) is 19.6 Å². The van der Waals surface area contributed by atoms with Gasteiger partial charge in [0.2, 0.25) is 0 Å². The van der Waals surface area contributed by atoms with Gasteiger partial charge in [-0.2, -0.15) is 10.2 Å². The van der Waals surface area contributed by atoms with Crippen molar-refractivity contribution in [3.63, 3.8) is 0 Å². The lowest BCUT2D eigenvalue weighted by atomic mass is 9.79. The Morgan fingerprint density at radius 2 is 2.14 bits per heavy atom. The van der Waals surface area contributed by atoms with E-state index < -0.39 is 7.12 Å².